The molecule has 0 radical (unpaired) electrons. The fourth-order valence-corrected chi connectivity index (χ4v) is 2.08. The largest absolute Gasteiger partial charge is 0.507 e. The highest BCUT2D eigenvalue weighted by molar-refractivity contribution is 6.30. The van der Waals surface area contributed by atoms with Crippen LogP contribution >= 0.6 is 11.6 Å². The maximum absolute atomic E-state index is 9.90. The van der Waals surface area contributed by atoms with Crippen LogP contribution in [0.25, 0.3) is 0 Å². The zero-order valence-electron chi connectivity index (χ0n) is 11.6. The lowest BCUT2D eigenvalue weighted by atomic mass is 10.1. The van der Waals surface area contributed by atoms with E-state index in [1.165, 1.54) is 0 Å². The van der Waals surface area contributed by atoms with Gasteiger partial charge in [0.25, 0.3) is 0 Å². The summed E-state index contributed by atoms with van der Waals surface area (Å²) in [7, 11) is 1.58. The molecule has 106 valence electrons. The molecule has 2 N–H and O–H groups in total. The first kappa shape index (κ1) is 14.7. The van der Waals surface area contributed by atoms with Gasteiger partial charge in [0.15, 0.2) is 0 Å². The molecule has 0 unspecified atom stereocenters. The molecule has 0 spiro atoms. The molecule has 3 nitrogen and oxygen atoms in total. The molecule has 0 aliphatic carbocycles. The van der Waals surface area contributed by atoms with Crippen molar-refractivity contribution in [2.45, 2.75) is 19.5 Å². The molecule has 0 amide bonds. The highest BCUT2D eigenvalue weighted by Crippen LogP contribution is 2.24. The summed E-state index contributed by atoms with van der Waals surface area (Å²) in [4.78, 5) is 0. The van der Waals surface area contributed by atoms with Crippen molar-refractivity contribution in [3.05, 3.63) is 58.6 Å². The van der Waals surface area contributed by atoms with Crippen molar-refractivity contribution in [1.82, 2.24) is 5.32 Å². The minimum Gasteiger partial charge on any atom is -0.507 e. The van der Waals surface area contributed by atoms with Crippen LogP contribution in [0.5, 0.6) is 11.5 Å². The van der Waals surface area contributed by atoms with E-state index < -0.39 is 0 Å². The minimum atomic E-state index is 0.175. The molecule has 0 aliphatic rings. The number of ether oxygens (including phenoxy) is 1. The molecule has 0 heterocycles. The summed E-state index contributed by atoms with van der Waals surface area (Å²) < 4.78 is 5.06. The molecule has 0 fully saturated rings. The summed E-state index contributed by atoms with van der Waals surface area (Å²) in [6.45, 7) is 2.66. The number of rotatable bonds is 5. The Labute approximate surface area is 124 Å². The van der Waals surface area contributed by atoms with Crippen molar-refractivity contribution in [3.8, 4) is 11.5 Å². The molecule has 0 saturated carbocycles. The minimum absolute atomic E-state index is 0.175. The number of phenols is 1. The number of hydrogen-bond donors (Lipinski definition) is 2. The molecular formula is C16H18ClNO2. The van der Waals surface area contributed by atoms with Crippen LogP contribution in [0, 0.1) is 0 Å². The molecule has 2 rings (SSSR count). The number of nitrogens with one attached hydrogen (secondary N) is 1. The average Bonchev–Trinajstić information content (AvgIpc) is 2.46. The van der Waals surface area contributed by atoms with E-state index in [-0.39, 0.29) is 11.8 Å². The van der Waals surface area contributed by atoms with Gasteiger partial charge in [0.1, 0.15) is 11.5 Å². The Kier molecular flexibility index (Phi) is 4.88. The summed E-state index contributed by atoms with van der Waals surface area (Å²) in [6, 6.07) is 13.2. The van der Waals surface area contributed by atoms with Crippen molar-refractivity contribution < 1.29 is 9.84 Å². The predicted octanol–water partition coefficient (Wildman–Crippen LogP) is 3.91. The van der Waals surface area contributed by atoms with Gasteiger partial charge in [-0.3, -0.25) is 0 Å². The van der Waals surface area contributed by atoms with E-state index in [1.807, 2.05) is 36.4 Å². The molecule has 0 aliphatic heterocycles. The van der Waals surface area contributed by atoms with Gasteiger partial charge in [-0.15, -0.1) is 0 Å². The first-order valence-electron chi connectivity index (χ1n) is 6.45. The van der Waals surface area contributed by atoms with Gasteiger partial charge in [-0.2, -0.15) is 0 Å². The first-order valence-corrected chi connectivity index (χ1v) is 6.82. The Balaban J connectivity index is 1.99. The van der Waals surface area contributed by atoms with Crippen LogP contribution in [0.15, 0.2) is 42.5 Å². The van der Waals surface area contributed by atoms with Crippen molar-refractivity contribution in [2.24, 2.45) is 0 Å². The van der Waals surface area contributed by atoms with E-state index in [1.54, 1.807) is 13.2 Å². The zero-order valence-corrected chi connectivity index (χ0v) is 12.3. The van der Waals surface area contributed by atoms with E-state index >= 15 is 0 Å². The van der Waals surface area contributed by atoms with Crippen LogP contribution < -0.4 is 10.1 Å². The molecule has 4 heteroatoms. The van der Waals surface area contributed by atoms with Crippen LogP contribution in [0.3, 0.4) is 0 Å². The van der Waals surface area contributed by atoms with Gasteiger partial charge in [0.2, 0.25) is 0 Å². The second-order valence-electron chi connectivity index (χ2n) is 4.65. The third kappa shape index (κ3) is 3.65. The average molecular weight is 292 g/mol. The Morgan fingerprint density at radius 2 is 1.90 bits per heavy atom. The van der Waals surface area contributed by atoms with Gasteiger partial charge >= 0.3 is 0 Å². The van der Waals surface area contributed by atoms with Crippen LogP contribution in [-0.2, 0) is 6.54 Å². The van der Waals surface area contributed by atoms with Crippen molar-refractivity contribution in [2.75, 3.05) is 7.11 Å². The highest BCUT2D eigenvalue weighted by atomic mass is 35.5. The summed E-state index contributed by atoms with van der Waals surface area (Å²) in [5.74, 6) is 0.886. The van der Waals surface area contributed by atoms with E-state index in [0.29, 0.717) is 12.3 Å². The van der Waals surface area contributed by atoms with Crippen molar-refractivity contribution >= 4 is 11.6 Å². The molecule has 0 aromatic heterocycles. The Hall–Kier alpha value is -1.71. The maximum Gasteiger partial charge on any atom is 0.123 e. The second kappa shape index (κ2) is 6.64. The normalized spacial score (nSPS) is 12.2. The molecule has 2 aromatic rings. The smallest absolute Gasteiger partial charge is 0.123 e. The van der Waals surface area contributed by atoms with Gasteiger partial charge in [0.05, 0.1) is 7.11 Å². The maximum atomic E-state index is 9.90. The molecule has 1 atom stereocenters. The Bertz CT molecular complexity index is 569. The monoisotopic (exact) mass is 291 g/mol. The van der Waals surface area contributed by atoms with Gasteiger partial charge in [-0.25, -0.2) is 0 Å². The fourth-order valence-electron chi connectivity index (χ4n) is 1.95. The predicted molar refractivity (Wildman–Crippen MR) is 81.4 cm³/mol. The van der Waals surface area contributed by atoms with Gasteiger partial charge in [0, 0.05) is 29.2 Å². The third-order valence-electron chi connectivity index (χ3n) is 3.26. The van der Waals surface area contributed by atoms with Crippen molar-refractivity contribution in [3.63, 3.8) is 0 Å². The number of phenolic OH excluding ortho intramolecular Hbond substituents is 1. The lowest BCUT2D eigenvalue weighted by Gasteiger charge is -2.15. The topological polar surface area (TPSA) is 41.5 Å². The number of halogens is 1. The van der Waals surface area contributed by atoms with Crippen LogP contribution in [0.2, 0.25) is 5.02 Å². The molecule has 2 aromatic carbocycles. The van der Waals surface area contributed by atoms with Crippen molar-refractivity contribution in [1.29, 1.82) is 0 Å². The summed E-state index contributed by atoms with van der Waals surface area (Å²) >= 11 is 5.87. The standard InChI is InChI=1S/C16H18ClNO2/c1-11(12-3-6-14(17)7-4-12)18-10-13-5-8-15(20-2)9-16(13)19/h3-9,11,18-19H,10H2,1-2H3/t11-/m0/s1. The zero-order chi connectivity index (χ0) is 14.5. The summed E-state index contributed by atoms with van der Waals surface area (Å²) in [6.07, 6.45) is 0. The molecule has 0 saturated heterocycles. The van der Waals surface area contributed by atoms with Gasteiger partial charge < -0.3 is 15.2 Å². The second-order valence-corrected chi connectivity index (χ2v) is 5.09. The molecular weight excluding hydrogens is 274 g/mol. The van der Waals surface area contributed by atoms with E-state index in [9.17, 15) is 5.11 Å². The molecule has 20 heavy (non-hydrogen) atoms. The van der Waals surface area contributed by atoms with Crippen LogP contribution in [0.4, 0.5) is 0 Å². The summed E-state index contributed by atoms with van der Waals surface area (Å²) in [5, 5.41) is 14.0. The highest BCUT2D eigenvalue weighted by Gasteiger charge is 2.07. The number of aromatic hydroxyl groups is 1. The van der Waals surface area contributed by atoms with Crippen LogP contribution in [-0.4, -0.2) is 12.2 Å². The van der Waals surface area contributed by atoms with Gasteiger partial charge in [-0.1, -0.05) is 29.8 Å². The van der Waals surface area contributed by atoms with E-state index in [0.717, 1.165) is 16.1 Å². The first-order chi connectivity index (χ1) is 9.60. The lowest BCUT2D eigenvalue weighted by Crippen LogP contribution is -2.18. The Morgan fingerprint density at radius 3 is 2.50 bits per heavy atom. The fraction of sp³-hybridized carbons (Fsp3) is 0.250. The molecule has 0 bridgehead atoms. The SMILES string of the molecule is COc1ccc(CN[C@@H](C)c2ccc(Cl)cc2)c(O)c1. The van der Waals surface area contributed by atoms with E-state index in [2.05, 4.69) is 12.2 Å². The third-order valence-corrected chi connectivity index (χ3v) is 3.51. The van der Waals surface area contributed by atoms with Crippen LogP contribution in [0.1, 0.15) is 24.1 Å². The lowest BCUT2D eigenvalue weighted by molar-refractivity contribution is 0.405. The Morgan fingerprint density at radius 1 is 1.20 bits per heavy atom. The number of hydrogen-bond acceptors (Lipinski definition) is 3. The van der Waals surface area contributed by atoms with Gasteiger partial charge in [-0.05, 0) is 30.7 Å². The quantitative estimate of drug-likeness (QED) is 0.878. The van der Waals surface area contributed by atoms with E-state index in [4.69, 9.17) is 16.3 Å². The summed E-state index contributed by atoms with van der Waals surface area (Å²) in [5.41, 5.74) is 1.99. The number of methoxy groups -OCH3 is 1. The number of benzene rings is 2.